The summed E-state index contributed by atoms with van der Waals surface area (Å²) in [5.74, 6) is 0.808. The fourth-order valence-electron chi connectivity index (χ4n) is 3.60. The average molecular weight is 407 g/mol. The molecule has 1 amide bonds. The lowest BCUT2D eigenvalue weighted by atomic mass is 9.87. The summed E-state index contributed by atoms with van der Waals surface area (Å²) < 4.78 is 5.92. The maximum atomic E-state index is 12.8. The molecule has 1 aliphatic rings. The number of carbonyl (C=O) groups is 1. The molecule has 0 saturated carbocycles. The van der Waals surface area contributed by atoms with E-state index in [1.807, 2.05) is 42.2 Å². The third-order valence-electron chi connectivity index (χ3n) is 5.54. The Balaban J connectivity index is 1.44. The molecule has 0 aromatic heterocycles. The van der Waals surface area contributed by atoms with E-state index in [2.05, 4.69) is 62.1 Å². The Morgan fingerprint density at radius 2 is 1.63 bits per heavy atom. The molecular formula is C26H34N2O2. The van der Waals surface area contributed by atoms with E-state index in [0.29, 0.717) is 0 Å². The molecule has 0 N–H and O–H groups in total. The van der Waals surface area contributed by atoms with Crippen LogP contribution < -0.4 is 4.74 Å². The molecule has 0 unspecified atom stereocenters. The van der Waals surface area contributed by atoms with Gasteiger partial charge in [-0.05, 0) is 35.6 Å². The van der Waals surface area contributed by atoms with Gasteiger partial charge in [0.15, 0.2) is 6.10 Å². The summed E-state index contributed by atoms with van der Waals surface area (Å²) in [6.07, 6.45) is 3.87. The first kappa shape index (κ1) is 22.1. The normalized spacial score (nSPS) is 16.6. The van der Waals surface area contributed by atoms with Crippen molar-refractivity contribution in [1.29, 1.82) is 0 Å². The number of benzene rings is 2. The first-order valence-electron chi connectivity index (χ1n) is 10.8. The van der Waals surface area contributed by atoms with E-state index in [0.717, 1.165) is 38.5 Å². The molecule has 1 fully saturated rings. The van der Waals surface area contributed by atoms with Gasteiger partial charge in [0.05, 0.1) is 0 Å². The van der Waals surface area contributed by atoms with E-state index < -0.39 is 6.10 Å². The zero-order valence-electron chi connectivity index (χ0n) is 18.7. The van der Waals surface area contributed by atoms with E-state index >= 15 is 0 Å². The summed E-state index contributed by atoms with van der Waals surface area (Å²) in [7, 11) is 0. The Hall–Kier alpha value is -2.59. The van der Waals surface area contributed by atoms with E-state index in [4.69, 9.17) is 4.74 Å². The lowest BCUT2D eigenvalue weighted by Gasteiger charge is -2.35. The highest BCUT2D eigenvalue weighted by atomic mass is 16.5. The molecule has 30 heavy (non-hydrogen) atoms. The van der Waals surface area contributed by atoms with Crippen molar-refractivity contribution in [2.45, 2.75) is 39.2 Å². The molecule has 3 rings (SSSR count). The van der Waals surface area contributed by atoms with Crippen molar-refractivity contribution in [3.05, 3.63) is 71.8 Å². The summed E-state index contributed by atoms with van der Waals surface area (Å²) in [6.45, 7) is 12.6. The van der Waals surface area contributed by atoms with Gasteiger partial charge in [-0.25, -0.2) is 0 Å². The van der Waals surface area contributed by atoms with Crippen LogP contribution in [0.4, 0.5) is 0 Å². The van der Waals surface area contributed by atoms with Gasteiger partial charge in [0.2, 0.25) is 0 Å². The molecule has 0 bridgehead atoms. The summed E-state index contributed by atoms with van der Waals surface area (Å²) in [5.41, 5.74) is 2.58. The van der Waals surface area contributed by atoms with Crippen LogP contribution in [0.2, 0.25) is 0 Å². The Kier molecular flexibility index (Phi) is 7.33. The van der Waals surface area contributed by atoms with Gasteiger partial charge in [-0.2, -0.15) is 0 Å². The van der Waals surface area contributed by atoms with E-state index in [-0.39, 0.29) is 11.3 Å². The highest BCUT2D eigenvalue weighted by molar-refractivity contribution is 5.81. The quantitative estimate of drug-likeness (QED) is 0.702. The van der Waals surface area contributed by atoms with Crippen molar-refractivity contribution in [3.63, 3.8) is 0 Å². The average Bonchev–Trinajstić information content (AvgIpc) is 2.74. The van der Waals surface area contributed by atoms with Crippen molar-refractivity contribution in [2.24, 2.45) is 0 Å². The van der Waals surface area contributed by atoms with E-state index in [1.165, 1.54) is 11.1 Å². The predicted molar refractivity (Wildman–Crippen MR) is 124 cm³/mol. The second-order valence-electron chi connectivity index (χ2n) is 8.97. The van der Waals surface area contributed by atoms with Crippen LogP contribution in [-0.4, -0.2) is 54.5 Å². The fraction of sp³-hybridized carbons (Fsp3) is 0.423. The number of rotatable bonds is 6. The van der Waals surface area contributed by atoms with Gasteiger partial charge in [-0.3, -0.25) is 9.69 Å². The summed E-state index contributed by atoms with van der Waals surface area (Å²) >= 11 is 0. The SMILES string of the molecule is C[C@@H](Oc1ccc(C(C)(C)C)cc1)C(=O)N1CCN(C/C=C/c2ccccc2)CC1. The largest absolute Gasteiger partial charge is 0.481 e. The minimum atomic E-state index is -0.477. The van der Waals surface area contributed by atoms with Crippen molar-refractivity contribution < 1.29 is 9.53 Å². The molecule has 1 aliphatic heterocycles. The number of hydrogen-bond acceptors (Lipinski definition) is 3. The minimum Gasteiger partial charge on any atom is -0.481 e. The van der Waals surface area contributed by atoms with Gasteiger partial charge >= 0.3 is 0 Å². The van der Waals surface area contributed by atoms with Crippen molar-refractivity contribution in [1.82, 2.24) is 9.80 Å². The van der Waals surface area contributed by atoms with Crippen LogP contribution in [0.15, 0.2) is 60.7 Å². The van der Waals surface area contributed by atoms with Crippen molar-refractivity contribution in [2.75, 3.05) is 32.7 Å². The first-order chi connectivity index (χ1) is 14.3. The Morgan fingerprint density at radius 1 is 1.00 bits per heavy atom. The lowest BCUT2D eigenvalue weighted by molar-refractivity contribution is -0.139. The number of hydrogen-bond donors (Lipinski definition) is 0. The maximum Gasteiger partial charge on any atom is 0.263 e. The second kappa shape index (κ2) is 9.94. The summed E-state index contributed by atoms with van der Waals surface area (Å²) in [5, 5.41) is 0. The first-order valence-corrected chi connectivity index (χ1v) is 10.8. The van der Waals surface area contributed by atoms with Gasteiger partial charge in [-0.1, -0.05) is 75.4 Å². The molecule has 0 spiro atoms. The number of ether oxygens (including phenoxy) is 1. The Labute approximate surface area is 181 Å². The minimum absolute atomic E-state index is 0.0642. The molecule has 0 aliphatic carbocycles. The van der Waals surface area contributed by atoms with Crippen LogP contribution in [0.3, 0.4) is 0 Å². The number of carbonyl (C=O) groups excluding carboxylic acids is 1. The zero-order chi connectivity index (χ0) is 21.6. The molecule has 4 heteroatoms. The third kappa shape index (κ3) is 6.20. The van der Waals surface area contributed by atoms with Crippen LogP contribution in [-0.2, 0) is 10.2 Å². The Bertz CT molecular complexity index is 830. The number of amides is 1. The highest BCUT2D eigenvalue weighted by Gasteiger charge is 2.25. The lowest BCUT2D eigenvalue weighted by Crippen LogP contribution is -2.51. The predicted octanol–water partition coefficient (Wildman–Crippen LogP) is 4.61. The van der Waals surface area contributed by atoms with Gasteiger partial charge < -0.3 is 9.64 Å². The maximum absolute atomic E-state index is 12.8. The van der Waals surface area contributed by atoms with Crippen molar-refractivity contribution in [3.8, 4) is 5.75 Å². The molecule has 2 aromatic carbocycles. The van der Waals surface area contributed by atoms with Crippen LogP contribution in [0, 0.1) is 0 Å². The van der Waals surface area contributed by atoms with Crippen LogP contribution in [0.25, 0.3) is 6.08 Å². The summed E-state index contributed by atoms with van der Waals surface area (Å²) in [6, 6.07) is 18.4. The summed E-state index contributed by atoms with van der Waals surface area (Å²) in [4.78, 5) is 17.1. The Morgan fingerprint density at radius 3 is 2.23 bits per heavy atom. The fourth-order valence-corrected chi connectivity index (χ4v) is 3.60. The van der Waals surface area contributed by atoms with Crippen LogP contribution >= 0.6 is 0 Å². The van der Waals surface area contributed by atoms with E-state index in [1.54, 1.807) is 0 Å². The molecule has 1 saturated heterocycles. The van der Waals surface area contributed by atoms with Gasteiger partial charge in [0, 0.05) is 32.7 Å². The van der Waals surface area contributed by atoms with E-state index in [9.17, 15) is 4.79 Å². The zero-order valence-corrected chi connectivity index (χ0v) is 18.7. The second-order valence-corrected chi connectivity index (χ2v) is 8.97. The number of piperazine rings is 1. The molecular weight excluding hydrogens is 372 g/mol. The molecule has 160 valence electrons. The molecule has 1 heterocycles. The standard InChI is InChI=1S/C26H34N2O2/c1-21(30-24-14-12-23(13-15-24)26(2,3)4)25(29)28-19-17-27(18-20-28)16-8-11-22-9-6-5-7-10-22/h5-15,21H,16-20H2,1-4H3/b11-8+/t21-/m1/s1. The molecule has 1 atom stereocenters. The molecule has 0 radical (unpaired) electrons. The molecule has 4 nitrogen and oxygen atoms in total. The number of nitrogens with zero attached hydrogens (tertiary/aromatic N) is 2. The smallest absolute Gasteiger partial charge is 0.263 e. The monoisotopic (exact) mass is 406 g/mol. The highest BCUT2D eigenvalue weighted by Crippen LogP contribution is 2.24. The third-order valence-corrected chi connectivity index (χ3v) is 5.54. The molecule has 2 aromatic rings. The van der Waals surface area contributed by atoms with Crippen LogP contribution in [0.5, 0.6) is 5.75 Å². The van der Waals surface area contributed by atoms with Crippen LogP contribution in [0.1, 0.15) is 38.8 Å². The van der Waals surface area contributed by atoms with Gasteiger partial charge in [0.1, 0.15) is 5.75 Å². The van der Waals surface area contributed by atoms with Gasteiger partial charge in [0.25, 0.3) is 5.91 Å². The topological polar surface area (TPSA) is 32.8 Å². The van der Waals surface area contributed by atoms with Crippen molar-refractivity contribution >= 4 is 12.0 Å². The van der Waals surface area contributed by atoms with Gasteiger partial charge in [-0.15, -0.1) is 0 Å².